The molecule has 6 heteroatoms. The van der Waals surface area contributed by atoms with E-state index in [0.717, 1.165) is 48.2 Å². The molecule has 1 aliphatic heterocycles. The molecule has 0 unspecified atom stereocenters. The molecular formula is C14H18Br2N2O2. The minimum atomic E-state index is -0.0415. The largest absolute Gasteiger partial charge is 0.379 e. The Kier molecular flexibility index (Phi) is 6.48. The fourth-order valence-corrected chi connectivity index (χ4v) is 2.88. The normalized spacial score (nSPS) is 16.1. The molecule has 1 aromatic rings. The highest BCUT2D eigenvalue weighted by atomic mass is 79.9. The van der Waals surface area contributed by atoms with Gasteiger partial charge in [-0.1, -0.05) is 15.9 Å². The zero-order chi connectivity index (χ0) is 14.4. The predicted molar refractivity (Wildman–Crippen MR) is 86.1 cm³/mol. The maximum absolute atomic E-state index is 12.1. The molecule has 1 aliphatic rings. The van der Waals surface area contributed by atoms with Crippen LogP contribution in [0.1, 0.15) is 16.8 Å². The molecule has 0 radical (unpaired) electrons. The zero-order valence-electron chi connectivity index (χ0n) is 11.2. The Balaban J connectivity index is 1.73. The average Bonchev–Trinajstić information content (AvgIpc) is 2.47. The van der Waals surface area contributed by atoms with Gasteiger partial charge >= 0.3 is 0 Å². The first kappa shape index (κ1) is 15.9. The van der Waals surface area contributed by atoms with E-state index in [0.29, 0.717) is 12.1 Å². The van der Waals surface area contributed by atoms with Crippen molar-refractivity contribution in [1.82, 2.24) is 10.2 Å². The second kappa shape index (κ2) is 8.12. The van der Waals surface area contributed by atoms with Gasteiger partial charge in [-0.15, -0.1) is 0 Å². The summed E-state index contributed by atoms with van der Waals surface area (Å²) >= 11 is 6.78. The summed E-state index contributed by atoms with van der Waals surface area (Å²) in [5, 5.41) is 2.96. The number of hydrogen-bond acceptors (Lipinski definition) is 3. The summed E-state index contributed by atoms with van der Waals surface area (Å²) in [6.45, 7) is 5.31. The second-order valence-electron chi connectivity index (χ2n) is 4.69. The minimum absolute atomic E-state index is 0.0415. The van der Waals surface area contributed by atoms with Gasteiger partial charge in [-0.25, -0.2) is 0 Å². The molecule has 2 rings (SSSR count). The molecule has 1 amide bonds. The van der Waals surface area contributed by atoms with Gasteiger partial charge in [0.05, 0.1) is 18.8 Å². The third kappa shape index (κ3) is 4.84. The fourth-order valence-electron chi connectivity index (χ4n) is 2.10. The molecule has 1 fully saturated rings. The molecule has 1 saturated heterocycles. The molecule has 4 nitrogen and oxygen atoms in total. The van der Waals surface area contributed by atoms with Crippen LogP contribution in [0.15, 0.2) is 27.1 Å². The van der Waals surface area contributed by atoms with Crippen molar-refractivity contribution in [3.05, 3.63) is 32.7 Å². The third-order valence-corrected chi connectivity index (χ3v) is 4.40. The number of carbonyl (C=O) groups excluding carboxylic acids is 1. The summed E-state index contributed by atoms with van der Waals surface area (Å²) in [7, 11) is 0. The van der Waals surface area contributed by atoms with Crippen molar-refractivity contribution < 1.29 is 9.53 Å². The Hall–Kier alpha value is -0.430. The molecule has 0 spiro atoms. The number of rotatable bonds is 5. The number of amides is 1. The average molecular weight is 406 g/mol. The number of halogens is 2. The summed E-state index contributed by atoms with van der Waals surface area (Å²) in [6.07, 6.45) is 0.956. The first-order valence-electron chi connectivity index (χ1n) is 6.70. The van der Waals surface area contributed by atoms with Gasteiger partial charge < -0.3 is 10.1 Å². The summed E-state index contributed by atoms with van der Waals surface area (Å²) in [6, 6.07) is 5.59. The Morgan fingerprint density at radius 2 is 2.05 bits per heavy atom. The van der Waals surface area contributed by atoms with Crippen LogP contribution in [0.5, 0.6) is 0 Å². The lowest BCUT2D eigenvalue weighted by atomic mass is 10.2. The minimum Gasteiger partial charge on any atom is -0.379 e. The van der Waals surface area contributed by atoms with E-state index in [-0.39, 0.29) is 5.91 Å². The van der Waals surface area contributed by atoms with Gasteiger partial charge in [-0.05, 0) is 47.1 Å². The molecule has 20 heavy (non-hydrogen) atoms. The molecule has 0 aromatic heterocycles. The molecular weight excluding hydrogens is 388 g/mol. The van der Waals surface area contributed by atoms with Gasteiger partial charge in [-0.3, -0.25) is 9.69 Å². The second-order valence-corrected chi connectivity index (χ2v) is 6.46. The fraction of sp³-hybridized carbons (Fsp3) is 0.500. The van der Waals surface area contributed by atoms with E-state index in [2.05, 4.69) is 42.1 Å². The molecule has 110 valence electrons. The van der Waals surface area contributed by atoms with Crippen LogP contribution in [0, 0.1) is 0 Å². The van der Waals surface area contributed by atoms with E-state index < -0.39 is 0 Å². The topological polar surface area (TPSA) is 41.6 Å². The van der Waals surface area contributed by atoms with Crippen LogP contribution >= 0.6 is 31.9 Å². The van der Waals surface area contributed by atoms with Crippen molar-refractivity contribution in [2.45, 2.75) is 6.42 Å². The monoisotopic (exact) mass is 404 g/mol. The van der Waals surface area contributed by atoms with Gasteiger partial charge in [0.15, 0.2) is 0 Å². The first-order chi connectivity index (χ1) is 9.66. The Bertz CT molecular complexity index is 462. The lowest BCUT2D eigenvalue weighted by molar-refractivity contribution is 0.0374. The Labute approximate surface area is 136 Å². The Morgan fingerprint density at radius 1 is 1.30 bits per heavy atom. The van der Waals surface area contributed by atoms with E-state index in [1.807, 2.05) is 18.2 Å². The highest BCUT2D eigenvalue weighted by Gasteiger charge is 2.11. The molecule has 0 bridgehead atoms. The van der Waals surface area contributed by atoms with Crippen LogP contribution in [0.3, 0.4) is 0 Å². The Morgan fingerprint density at radius 3 is 2.80 bits per heavy atom. The van der Waals surface area contributed by atoms with Gasteiger partial charge in [0.1, 0.15) is 0 Å². The standard InChI is InChI=1S/C14H18Br2N2O2/c15-11-2-3-13(16)12(10-11)14(19)17-4-1-5-18-6-8-20-9-7-18/h2-3,10H,1,4-9H2,(H,17,19). The van der Waals surface area contributed by atoms with E-state index in [9.17, 15) is 4.79 Å². The first-order valence-corrected chi connectivity index (χ1v) is 8.29. The molecule has 1 heterocycles. The SMILES string of the molecule is O=C(NCCCN1CCOCC1)c1cc(Br)ccc1Br. The number of hydrogen-bond donors (Lipinski definition) is 1. The zero-order valence-corrected chi connectivity index (χ0v) is 14.4. The number of morpholine rings is 1. The molecule has 0 saturated carbocycles. The maximum Gasteiger partial charge on any atom is 0.252 e. The van der Waals surface area contributed by atoms with E-state index >= 15 is 0 Å². The van der Waals surface area contributed by atoms with Crippen LogP contribution in [-0.4, -0.2) is 50.2 Å². The predicted octanol–water partition coefficient (Wildman–Crippen LogP) is 2.66. The van der Waals surface area contributed by atoms with Crippen molar-refractivity contribution in [2.75, 3.05) is 39.4 Å². The van der Waals surface area contributed by atoms with Crippen molar-refractivity contribution in [3.63, 3.8) is 0 Å². The van der Waals surface area contributed by atoms with Crippen LogP contribution in [-0.2, 0) is 4.74 Å². The maximum atomic E-state index is 12.1. The number of carbonyl (C=O) groups is 1. The van der Waals surface area contributed by atoms with Crippen LogP contribution in [0.2, 0.25) is 0 Å². The van der Waals surface area contributed by atoms with E-state index in [1.54, 1.807) is 0 Å². The van der Waals surface area contributed by atoms with Crippen molar-refractivity contribution >= 4 is 37.8 Å². The number of benzene rings is 1. The van der Waals surface area contributed by atoms with E-state index in [1.165, 1.54) is 0 Å². The summed E-state index contributed by atoms with van der Waals surface area (Å²) < 4.78 is 7.02. The van der Waals surface area contributed by atoms with Crippen molar-refractivity contribution in [3.8, 4) is 0 Å². The van der Waals surface area contributed by atoms with Gasteiger partial charge in [-0.2, -0.15) is 0 Å². The number of nitrogens with one attached hydrogen (secondary N) is 1. The van der Waals surface area contributed by atoms with Gasteiger partial charge in [0, 0.05) is 28.6 Å². The van der Waals surface area contributed by atoms with Gasteiger partial charge in [0.2, 0.25) is 0 Å². The highest BCUT2D eigenvalue weighted by Crippen LogP contribution is 2.21. The summed E-state index contributed by atoms with van der Waals surface area (Å²) in [5.41, 5.74) is 0.658. The highest BCUT2D eigenvalue weighted by molar-refractivity contribution is 9.11. The molecule has 0 aliphatic carbocycles. The lowest BCUT2D eigenvalue weighted by Crippen LogP contribution is -2.38. The van der Waals surface area contributed by atoms with Crippen molar-refractivity contribution in [2.24, 2.45) is 0 Å². The van der Waals surface area contributed by atoms with E-state index in [4.69, 9.17) is 4.74 Å². The third-order valence-electron chi connectivity index (χ3n) is 3.21. The molecule has 0 atom stereocenters. The number of nitrogens with zero attached hydrogens (tertiary/aromatic N) is 1. The molecule has 1 aromatic carbocycles. The van der Waals surface area contributed by atoms with Crippen LogP contribution < -0.4 is 5.32 Å². The van der Waals surface area contributed by atoms with Crippen LogP contribution in [0.25, 0.3) is 0 Å². The quantitative estimate of drug-likeness (QED) is 0.765. The smallest absolute Gasteiger partial charge is 0.252 e. The lowest BCUT2D eigenvalue weighted by Gasteiger charge is -2.26. The molecule has 1 N–H and O–H groups in total. The van der Waals surface area contributed by atoms with Crippen LogP contribution in [0.4, 0.5) is 0 Å². The summed E-state index contributed by atoms with van der Waals surface area (Å²) in [5.74, 6) is -0.0415. The van der Waals surface area contributed by atoms with Crippen molar-refractivity contribution in [1.29, 1.82) is 0 Å². The van der Waals surface area contributed by atoms with Gasteiger partial charge in [0.25, 0.3) is 5.91 Å². The number of ether oxygens (including phenoxy) is 1. The summed E-state index contributed by atoms with van der Waals surface area (Å²) in [4.78, 5) is 14.4.